The van der Waals surface area contributed by atoms with Crippen LogP contribution in [-0.2, 0) is 27.7 Å². The summed E-state index contributed by atoms with van der Waals surface area (Å²) < 4.78 is 25.9. The summed E-state index contributed by atoms with van der Waals surface area (Å²) in [5, 5.41) is 1.87. The number of fused-ring (bicyclic) bond motifs is 2. The second-order valence-electron chi connectivity index (χ2n) is 7.02. The van der Waals surface area contributed by atoms with Crippen molar-refractivity contribution in [2.45, 2.75) is 0 Å². The zero-order valence-corrected chi connectivity index (χ0v) is 17.5. The Hall–Kier alpha value is -3.12. The zero-order valence-electron chi connectivity index (χ0n) is 16.6. The predicted molar refractivity (Wildman–Crippen MR) is 114 cm³/mol. The van der Waals surface area contributed by atoms with E-state index in [1.807, 2.05) is 59.9 Å². The molecular formula is C22H20N2O5P+. The van der Waals surface area contributed by atoms with Crippen LogP contribution in [0.1, 0.15) is 20.7 Å². The van der Waals surface area contributed by atoms with Crippen LogP contribution in [-0.4, -0.2) is 33.9 Å². The Kier molecular flexibility index (Phi) is 5.59. The number of carbonyl (C=O) groups is 2. The molecule has 0 N–H and O–H groups in total. The van der Waals surface area contributed by atoms with E-state index >= 15 is 0 Å². The Morgan fingerprint density at radius 1 is 0.767 bits per heavy atom. The number of Topliss-reactive ketones (excluding diaryl/α,β-unsaturated/α-hetero) is 2. The smallest absolute Gasteiger partial charge is 0.351 e. The van der Waals surface area contributed by atoms with Crippen molar-refractivity contribution in [1.29, 1.82) is 0 Å². The molecule has 0 aliphatic carbocycles. The van der Waals surface area contributed by atoms with E-state index in [9.17, 15) is 14.2 Å². The van der Waals surface area contributed by atoms with Crippen LogP contribution in [0.4, 0.5) is 0 Å². The highest BCUT2D eigenvalue weighted by Crippen LogP contribution is 2.25. The largest absolute Gasteiger partial charge is 0.698 e. The van der Waals surface area contributed by atoms with E-state index in [1.165, 1.54) is 0 Å². The highest BCUT2D eigenvalue weighted by atomic mass is 31.1. The molecule has 30 heavy (non-hydrogen) atoms. The lowest BCUT2D eigenvalue weighted by Gasteiger charge is -2.00. The van der Waals surface area contributed by atoms with Gasteiger partial charge in [-0.25, -0.2) is 0 Å². The number of rotatable bonds is 8. The molecule has 0 spiro atoms. The molecule has 7 nitrogen and oxygen atoms in total. The molecule has 2 aromatic carbocycles. The van der Waals surface area contributed by atoms with Crippen LogP contribution in [0.25, 0.3) is 21.8 Å². The van der Waals surface area contributed by atoms with E-state index in [0.717, 1.165) is 21.8 Å². The third-order valence-corrected chi connectivity index (χ3v) is 5.70. The minimum Gasteiger partial charge on any atom is -0.351 e. The molecule has 8 heteroatoms. The Morgan fingerprint density at radius 3 is 1.63 bits per heavy atom. The lowest BCUT2D eigenvalue weighted by molar-refractivity contribution is 0.0877. The number of aryl methyl sites for hydroxylation is 2. The Bertz CT molecular complexity index is 1190. The van der Waals surface area contributed by atoms with Crippen LogP contribution in [0.5, 0.6) is 0 Å². The molecule has 0 saturated carbocycles. The molecule has 2 aromatic heterocycles. The molecule has 0 bridgehead atoms. The maximum absolute atomic E-state index is 12.3. The molecule has 0 aliphatic rings. The molecule has 0 unspecified atom stereocenters. The van der Waals surface area contributed by atoms with Gasteiger partial charge in [0.15, 0.2) is 24.8 Å². The van der Waals surface area contributed by atoms with E-state index in [-0.39, 0.29) is 11.6 Å². The van der Waals surface area contributed by atoms with Gasteiger partial charge in [-0.3, -0.25) is 9.59 Å². The maximum atomic E-state index is 12.3. The monoisotopic (exact) mass is 423 g/mol. The van der Waals surface area contributed by atoms with Gasteiger partial charge in [0.05, 0.1) is 0 Å². The van der Waals surface area contributed by atoms with Crippen LogP contribution in [0.15, 0.2) is 60.9 Å². The maximum Gasteiger partial charge on any atom is 0.698 e. The van der Waals surface area contributed by atoms with Crippen molar-refractivity contribution < 1.29 is 23.2 Å². The summed E-state index contributed by atoms with van der Waals surface area (Å²) in [5.41, 5.74) is 2.94. The normalized spacial score (nSPS) is 11.3. The van der Waals surface area contributed by atoms with Crippen molar-refractivity contribution in [2.24, 2.45) is 14.1 Å². The summed E-state index contributed by atoms with van der Waals surface area (Å²) in [4.78, 5) is 24.6. The molecule has 0 fully saturated rings. The van der Waals surface area contributed by atoms with Crippen molar-refractivity contribution in [3.05, 3.63) is 72.1 Å². The van der Waals surface area contributed by atoms with Crippen LogP contribution in [0.3, 0.4) is 0 Å². The van der Waals surface area contributed by atoms with E-state index in [0.29, 0.717) is 11.1 Å². The van der Waals surface area contributed by atoms with Crippen molar-refractivity contribution in [2.75, 3.05) is 13.2 Å². The van der Waals surface area contributed by atoms with Crippen molar-refractivity contribution >= 4 is 41.6 Å². The lowest BCUT2D eigenvalue weighted by atomic mass is 10.1. The molecule has 0 saturated heterocycles. The van der Waals surface area contributed by atoms with Gasteiger partial charge in [-0.2, -0.15) is 0 Å². The quantitative estimate of drug-likeness (QED) is 0.310. The van der Waals surface area contributed by atoms with Gasteiger partial charge in [0.1, 0.15) is 0 Å². The molecule has 0 aliphatic heterocycles. The molecule has 0 radical (unpaired) electrons. The molecular weight excluding hydrogens is 403 g/mol. The summed E-state index contributed by atoms with van der Waals surface area (Å²) in [7, 11) is 1.26. The number of hydrogen-bond donors (Lipinski definition) is 0. The fourth-order valence-electron chi connectivity index (χ4n) is 3.34. The minimum absolute atomic E-state index is 0.312. The van der Waals surface area contributed by atoms with Gasteiger partial charge in [-0.05, 0) is 48.5 Å². The van der Waals surface area contributed by atoms with Crippen molar-refractivity contribution in [3.8, 4) is 0 Å². The van der Waals surface area contributed by atoms with Crippen molar-refractivity contribution in [3.63, 3.8) is 0 Å². The standard InChI is InChI=1S/C22H20N2O5P/c1-23-9-7-15-11-17(3-5-19(15)23)21(25)13-28-30(27)29-14-22(26)18-4-6-20-16(12-18)8-10-24(20)2/h3-12H,13-14H2,1-2H3/q+1. The summed E-state index contributed by atoms with van der Waals surface area (Å²) in [6.45, 7) is -0.782. The fraction of sp³-hybridized carbons (Fsp3) is 0.182. The molecule has 152 valence electrons. The van der Waals surface area contributed by atoms with E-state index in [4.69, 9.17) is 9.05 Å². The highest BCUT2D eigenvalue weighted by molar-refractivity contribution is 7.33. The number of hydrogen-bond acceptors (Lipinski definition) is 5. The molecule has 2 heterocycles. The van der Waals surface area contributed by atoms with E-state index in [1.54, 1.807) is 24.3 Å². The van der Waals surface area contributed by atoms with Gasteiger partial charge >= 0.3 is 8.25 Å². The first-order valence-electron chi connectivity index (χ1n) is 9.32. The van der Waals surface area contributed by atoms with Crippen molar-refractivity contribution in [1.82, 2.24) is 9.13 Å². The topological polar surface area (TPSA) is 79.5 Å². The van der Waals surface area contributed by atoms with Crippen LogP contribution in [0.2, 0.25) is 0 Å². The Balaban J connectivity index is 1.30. The molecule has 0 atom stereocenters. The summed E-state index contributed by atoms with van der Waals surface area (Å²) >= 11 is 0. The van der Waals surface area contributed by atoms with E-state index < -0.39 is 21.5 Å². The van der Waals surface area contributed by atoms with Gasteiger partial charge in [-0.1, -0.05) is 0 Å². The Labute approximate surface area is 173 Å². The van der Waals surface area contributed by atoms with E-state index in [2.05, 4.69) is 0 Å². The second kappa shape index (κ2) is 8.32. The minimum atomic E-state index is -2.59. The summed E-state index contributed by atoms with van der Waals surface area (Å²) in [6.07, 6.45) is 3.82. The average molecular weight is 423 g/mol. The van der Waals surface area contributed by atoms with Crippen LogP contribution >= 0.6 is 8.25 Å². The molecule has 4 rings (SSSR count). The average Bonchev–Trinajstić information content (AvgIpc) is 3.32. The van der Waals surface area contributed by atoms with Crippen LogP contribution < -0.4 is 0 Å². The number of nitrogens with zero attached hydrogens (tertiary/aromatic N) is 2. The SMILES string of the molecule is Cn1ccc2cc(C(=O)CO[P+](=O)OCC(=O)c3ccc4c(ccn4C)c3)ccc21. The van der Waals surface area contributed by atoms with Gasteiger partial charge in [0, 0.05) is 64.0 Å². The number of ketones is 2. The summed E-state index contributed by atoms with van der Waals surface area (Å²) in [5.74, 6) is -0.623. The van der Waals surface area contributed by atoms with Gasteiger partial charge in [-0.15, -0.1) is 9.05 Å². The highest BCUT2D eigenvalue weighted by Gasteiger charge is 2.25. The summed E-state index contributed by atoms with van der Waals surface area (Å²) in [6, 6.07) is 14.4. The van der Waals surface area contributed by atoms with Crippen LogP contribution in [0, 0.1) is 0 Å². The third-order valence-electron chi connectivity index (χ3n) is 5.02. The van der Waals surface area contributed by atoms with Gasteiger partial charge < -0.3 is 9.13 Å². The van der Waals surface area contributed by atoms with Gasteiger partial charge in [0.2, 0.25) is 0 Å². The first-order valence-corrected chi connectivity index (χ1v) is 10.4. The molecule has 0 amide bonds. The predicted octanol–water partition coefficient (Wildman–Crippen LogP) is 4.43. The van der Waals surface area contributed by atoms with Gasteiger partial charge in [0.25, 0.3) is 0 Å². The lowest BCUT2D eigenvalue weighted by Crippen LogP contribution is -2.09. The number of aromatic nitrogens is 2. The zero-order chi connectivity index (χ0) is 21.3. The number of benzene rings is 2. The Morgan fingerprint density at radius 2 is 1.20 bits per heavy atom. The fourth-order valence-corrected chi connectivity index (χ4v) is 3.86. The second-order valence-corrected chi connectivity index (χ2v) is 7.98. The first-order chi connectivity index (χ1) is 14.4. The molecule has 4 aromatic rings. The first kappa shape index (κ1) is 20.2. The third kappa shape index (κ3) is 4.09. The number of carbonyl (C=O) groups excluding carboxylic acids is 2.